The van der Waals surface area contributed by atoms with Gasteiger partial charge in [-0.2, -0.15) is 0 Å². The van der Waals surface area contributed by atoms with E-state index in [1.54, 1.807) is 4.90 Å². The van der Waals surface area contributed by atoms with Crippen LogP contribution in [0, 0.1) is 0 Å². The lowest BCUT2D eigenvalue weighted by molar-refractivity contribution is -0.137. The van der Waals surface area contributed by atoms with E-state index in [0.29, 0.717) is 26.0 Å². The summed E-state index contributed by atoms with van der Waals surface area (Å²) in [6.45, 7) is 5.23. The van der Waals surface area contributed by atoms with Crippen molar-refractivity contribution < 1.29 is 14.3 Å². The molecule has 0 aromatic heterocycles. The highest BCUT2D eigenvalue weighted by Crippen LogP contribution is 2.35. The molecular weight excluding hydrogens is 292 g/mol. The second kappa shape index (κ2) is 6.60. The van der Waals surface area contributed by atoms with E-state index in [1.807, 2.05) is 32.0 Å². The number of likely N-dealkylation sites (tertiary alicyclic amines) is 1. The van der Waals surface area contributed by atoms with Crippen molar-refractivity contribution in [3.05, 3.63) is 29.8 Å². The van der Waals surface area contributed by atoms with Crippen molar-refractivity contribution in [3.63, 3.8) is 0 Å². The Hall–Kier alpha value is -2.04. The maximum absolute atomic E-state index is 12.6. The Labute approximate surface area is 137 Å². The van der Waals surface area contributed by atoms with Gasteiger partial charge < -0.3 is 15.0 Å². The van der Waals surface area contributed by atoms with Crippen LogP contribution in [0.2, 0.25) is 0 Å². The summed E-state index contributed by atoms with van der Waals surface area (Å²) in [7, 11) is 0. The Balaban J connectivity index is 1.66. The fraction of sp³-hybridized carbons (Fsp3) is 0.556. The molecule has 0 aliphatic carbocycles. The number of carbonyl (C=O) groups excluding carboxylic acids is 2. The lowest BCUT2D eigenvalue weighted by Gasteiger charge is -2.28. The first-order valence-corrected chi connectivity index (χ1v) is 8.43. The number of ether oxygens (including phenoxy) is 1. The molecule has 2 aliphatic heterocycles. The molecule has 0 unspecified atom stereocenters. The summed E-state index contributed by atoms with van der Waals surface area (Å²) in [6.07, 6.45) is 2.05. The molecule has 1 saturated heterocycles. The zero-order valence-corrected chi connectivity index (χ0v) is 13.7. The molecule has 2 amide bonds. The molecule has 23 heavy (non-hydrogen) atoms. The van der Waals surface area contributed by atoms with Gasteiger partial charge in [0, 0.05) is 30.5 Å². The van der Waals surface area contributed by atoms with Crippen LogP contribution in [0.15, 0.2) is 24.3 Å². The summed E-state index contributed by atoms with van der Waals surface area (Å²) in [5, 5.41) is 3.10. The molecule has 3 rings (SSSR count). The number of hydrogen-bond donors (Lipinski definition) is 1. The molecule has 0 radical (unpaired) electrons. The van der Waals surface area contributed by atoms with E-state index in [1.165, 1.54) is 0 Å². The minimum absolute atomic E-state index is 0.0297. The third-order valence-corrected chi connectivity index (χ3v) is 4.89. The molecular formula is C18H24N2O3. The molecule has 0 bridgehead atoms. The van der Waals surface area contributed by atoms with Crippen LogP contribution in [0.5, 0.6) is 5.75 Å². The van der Waals surface area contributed by atoms with Gasteiger partial charge in [0.1, 0.15) is 11.8 Å². The van der Waals surface area contributed by atoms with Gasteiger partial charge in [-0.15, -0.1) is 0 Å². The van der Waals surface area contributed by atoms with E-state index in [9.17, 15) is 9.59 Å². The average molecular weight is 316 g/mol. The first-order chi connectivity index (χ1) is 11.1. The van der Waals surface area contributed by atoms with E-state index in [2.05, 4.69) is 11.4 Å². The van der Waals surface area contributed by atoms with Crippen molar-refractivity contribution in [2.45, 2.75) is 51.1 Å². The normalized spacial score (nSPS) is 22.4. The zero-order valence-electron chi connectivity index (χ0n) is 13.7. The van der Waals surface area contributed by atoms with Gasteiger partial charge in [-0.1, -0.05) is 25.1 Å². The Morgan fingerprint density at radius 3 is 2.91 bits per heavy atom. The lowest BCUT2D eigenvalue weighted by Crippen LogP contribution is -2.50. The van der Waals surface area contributed by atoms with Gasteiger partial charge in [0.05, 0.1) is 6.61 Å². The molecule has 124 valence electrons. The van der Waals surface area contributed by atoms with Crippen molar-refractivity contribution >= 4 is 11.8 Å². The average Bonchev–Trinajstić information content (AvgIpc) is 3.15. The minimum atomic E-state index is -0.356. The van der Waals surface area contributed by atoms with Crippen LogP contribution in [-0.4, -0.2) is 41.9 Å². The smallest absolute Gasteiger partial charge is 0.243 e. The number of rotatable bonds is 5. The summed E-state index contributed by atoms with van der Waals surface area (Å²) >= 11 is 0. The van der Waals surface area contributed by atoms with Gasteiger partial charge >= 0.3 is 0 Å². The highest BCUT2D eigenvalue weighted by molar-refractivity contribution is 5.88. The Morgan fingerprint density at radius 1 is 1.43 bits per heavy atom. The van der Waals surface area contributed by atoms with E-state index >= 15 is 0 Å². The fourth-order valence-electron chi connectivity index (χ4n) is 3.57. The van der Waals surface area contributed by atoms with Crippen LogP contribution in [0.3, 0.4) is 0 Å². The zero-order chi connectivity index (χ0) is 16.4. The van der Waals surface area contributed by atoms with Gasteiger partial charge in [0.25, 0.3) is 0 Å². The molecule has 1 aromatic carbocycles. The second-order valence-electron chi connectivity index (χ2n) is 6.37. The number of para-hydroxylation sites is 1. The van der Waals surface area contributed by atoms with E-state index in [4.69, 9.17) is 4.74 Å². The Morgan fingerprint density at radius 2 is 2.22 bits per heavy atom. The minimum Gasteiger partial charge on any atom is -0.493 e. The molecule has 0 saturated carbocycles. The molecule has 1 N–H and O–H groups in total. The molecule has 2 aliphatic rings. The summed E-state index contributed by atoms with van der Waals surface area (Å²) in [6, 6.07) is 7.57. The monoisotopic (exact) mass is 316 g/mol. The van der Waals surface area contributed by atoms with Crippen LogP contribution in [-0.2, 0) is 9.59 Å². The number of hydrogen-bond acceptors (Lipinski definition) is 3. The highest BCUT2D eigenvalue weighted by Gasteiger charge is 2.34. The number of carbonyl (C=O) groups is 2. The SMILES string of the molecule is CC[C@H](C(=O)N[C@H](C)[C@H]1COc2ccccc21)N1CCCC1=O. The molecule has 0 spiro atoms. The molecule has 1 fully saturated rings. The number of nitrogens with zero attached hydrogens (tertiary/aromatic N) is 1. The first kappa shape index (κ1) is 15.8. The highest BCUT2D eigenvalue weighted by atomic mass is 16.5. The molecule has 2 heterocycles. The predicted molar refractivity (Wildman–Crippen MR) is 87.3 cm³/mol. The van der Waals surface area contributed by atoms with E-state index < -0.39 is 0 Å². The van der Waals surface area contributed by atoms with Crippen molar-refractivity contribution in [2.24, 2.45) is 0 Å². The summed E-state index contributed by atoms with van der Waals surface area (Å²) in [5.74, 6) is 1.09. The third kappa shape index (κ3) is 3.05. The summed E-state index contributed by atoms with van der Waals surface area (Å²) in [4.78, 5) is 26.3. The van der Waals surface area contributed by atoms with Crippen LogP contribution in [0.1, 0.15) is 44.6 Å². The topological polar surface area (TPSA) is 58.6 Å². The standard InChI is InChI=1S/C18H24N2O3/c1-3-15(20-10-6-9-17(20)21)18(22)19-12(2)14-11-23-16-8-5-4-7-13(14)16/h4-5,7-8,12,14-15H,3,6,9-11H2,1-2H3,(H,19,22)/t12-,14-,15-/m1/s1. The Kier molecular flexibility index (Phi) is 4.55. The maximum atomic E-state index is 12.6. The first-order valence-electron chi connectivity index (χ1n) is 8.43. The number of benzene rings is 1. The van der Waals surface area contributed by atoms with Crippen LogP contribution in [0.4, 0.5) is 0 Å². The van der Waals surface area contributed by atoms with Gasteiger partial charge in [0.15, 0.2) is 0 Å². The molecule has 5 nitrogen and oxygen atoms in total. The number of nitrogens with one attached hydrogen (secondary N) is 1. The Bertz CT molecular complexity index is 602. The van der Waals surface area contributed by atoms with E-state index in [-0.39, 0.29) is 29.8 Å². The molecule has 3 atom stereocenters. The van der Waals surface area contributed by atoms with Crippen molar-refractivity contribution in [1.82, 2.24) is 10.2 Å². The predicted octanol–water partition coefficient (Wildman–Crippen LogP) is 2.07. The van der Waals surface area contributed by atoms with Gasteiger partial charge in [0.2, 0.25) is 11.8 Å². The van der Waals surface area contributed by atoms with Crippen molar-refractivity contribution in [2.75, 3.05) is 13.2 Å². The quantitative estimate of drug-likeness (QED) is 0.905. The molecule has 1 aromatic rings. The summed E-state index contributed by atoms with van der Waals surface area (Å²) in [5.41, 5.74) is 1.14. The van der Waals surface area contributed by atoms with Gasteiger partial charge in [-0.3, -0.25) is 9.59 Å². The number of amides is 2. The molecule has 5 heteroatoms. The fourth-order valence-corrected chi connectivity index (χ4v) is 3.57. The van der Waals surface area contributed by atoms with Gasteiger partial charge in [-0.05, 0) is 25.8 Å². The van der Waals surface area contributed by atoms with Crippen molar-refractivity contribution in [1.29, 1.82) is 0 Å². The van der Waals surface area contributed by atoms with E-state index in [0.717, 1.165) is 17.7 Å². The summed E-state index contributed by atoms with van der Waals surface area (Å²) < 4.78 is 5.70. The van der Waals surface area contributed by atoms with Gasteiger partial charge in [-0.25, -0.2) is 0 Å². The number of fused-ring (bicyclic) bond motifs is 1. The van der Waals surface area contributed by atoms with Crippen molar-refractivity contribution in [3.8, 4) is 5.75 Å². The third-order valence-electron chi connectivity index (χ3n) is 4.89. The largest absolute Gasteiger partial charge is 0.493 e. The van der Waals surface area contributed by atoms with Crippen LogP contribution < -0.4 is 10.1 Å². The maximum Gasteiger partial charge on any atom is 0.243 e. The second-order valence-corrected chi connectivity index (χ2v) is 6.37. The van der Waals surface area contributed by atoms with Crippen LogP contribution >= 0.6 is 0 Å². The lowest BCUT2D eigenvalue weighted by atomic mass is 9.94. The van der Waals surface area contributed by atoms with Crippen LogP contribution in [0.25, 0.3) is 0 Å².